The Hall–Kier alpha value is -3.48. The number of carbonyl (C=O) groups is 2. The van der Waals surface area contributed by atoms with Crippen LogP contribution in [0, 0.1) is 22.7 Å². The molecule has 0 aliphatic heterocycles. The molecule has 0 aliphatic rings. The van der Waals surface area contributed by atoms with Crippen molar-refractivity contribution in [1.29, 1.82) is 10.5 Å². The van der Waals surface area contributed by atoms with Crippen molar-refractivity contribution in [3.05, 3.63) is 70.8 Å². The van der Waals surface area contributed by atoms with E-state index in [9.17, 15) is 9.59 Å². The number of ether oxygens (including phenoxy) is 1. The molecule has 0 saturated carbocycles. The second kappa shape index (κ2) is 11.5. The summed E-state index contributed by atoms with van der Waals surface area (Å²) in [5.74, 6) is -0.259. The molecule has 0 heterocycles. The highest BCUT2D eigenvalue weighted by atomic mass is 16.6. The molecule has 30 heavy (non-hydrogen) atoms. The predicted molar refractivity (Wildman–Crippen MR) is 115 cm³/mol. The molecule has 0 amide bonds. The molecule has 156 valence electrons. The summed E-state index contributed by atoms with van der Waals surface area (Å²) in [6, 6.07) is 18.0. The van der Waals surface area contributed by atoms with Crippen LogP contribution in [-0.4, -0.2) is 23.9 Å². The van der Waals surface area contributed by atoms with E-state index in [4.69, 9.17) is 15.3 Å². The fourth-order valence-corrected chi connectivity index (χ4v) is 2.39. The number of carbonyl (C=O) groups excluding carboxylic acids is 2. The topological polar surface area (TPSA) is 103 Å². The molecule has 6 nitrogen and oxygen atoms in total. The van der Waals surface area contributed by atoms with E-state index in [-0.39, 0.29) is 24.3 Å². The highest BCUT2D eigenvalue weighted by molar-refractivity contribution is 5.94. The molecule has 0 radical (unpaired) electrons. The predicted octanol–water partition coefficient (Wildman–Crippen LogP) is 4.31. The van der Waals surface area contributed by atoms with Gasteiger partial charge in [0.1, 0.15) is 5.60 Å². The lowest BCUT2D eigenvalue weighted by Gasteiger charge is -2.21. The zero-order chi connectivity index (χ0) is 22.7. The lowest BCUT2D eigenvalue weighted by atomic mass is 10.1. The first-order valence-electron chi connectivity index (χ1n) is 9.52. The van der Waals surface area contributed by atoms with E-state index in [0.717, 1.165) is 5.56 Å². The molecule has 2 rings (SSSR count). The van der Waals surface area contributed by atoms with Crippen molar-refractivity contribution in [3.8, 4) is 12.1 Å². The van der Waals surface area contributed by atoms with Crippen molar-refractivity contribution in [2.75, 3.05) is 6.54 Å². The van der Waals surface area contributed by atoms with Gasteiger partial charge in [0.15, 0.2) is 5.78 Å². The molecular formula is C24H27N3O3. The van der Waals surface area contributed by atoms with Crippen LogP contribution in [0.4, 0.5) is 0 Å². The lowest BCUT2D eigenvalue weighted by molar-refractivity contribution is -0.153. The van der Waals surface area contributed by atoms with Crippen molar-refractivity contribution >= 4 is 11.8 Å². The normalized spacial score (nSPS) is 11.2. The van der Waals surface area contributed by atoms with Crippen LogP contribution in [0.1, 0.15) is 67.7 Å². The summed E-state index contributed by atoms with van der Waals surface area (Å²) in [6.45, 7) is 9.11. The number of nitriles is 2. The maximum absolute atomic E-state index is 11.6. The monoisotopic (exact) mass is 405 g/mol. The second-order valence-corrected chi connectivity index (χ2v) is 7.67. The van der Waals surface area contributed by atoms with E-state index >= 15 is 0 Å². The molecule has 6 heteroatoms. The zero-order valence-electron chi connectivity index (χ0n) is 18.0. The molecule has 0 bridgehead atoms. The number of hydrogen-bond acceptors (Lipinski definition) is 6. The van der Waals surface area contributed by atoms with Crippen LogP contribution in [0.25, 0.3) is 0 Å². The number of nitrogens with zero attached hydrogens (tertiary/aromatic N) is 2. The zero-order valence-corrected chi connectivity index (χ0v) is 18.0. The Morgan fingerprint density at radius 3 is 2.13 bits per heavy atom. The summed E-state index contributed by atoms with van der Waals surface area (Å²) in [5.41, 5.74) is 2.34. The van der Waals surface area contributed by atoms with E-state index in [1.807, 2.05) is 52.0 Å². The third-order valence-electron chi connectivity index (χ3n) is 3.91. The average Bonchev–Trinajstić information content (AvgIpc) is 2.71. The number of benzene rings is 2. The summed E-state index contributed by atoms with van der Waals surface area (Å²) in [7, 11) is 0. The number of hydrogen-bond donors (Lipinski definition) is 1. The van der Waals surface area contributed by atoms with Crippen molar-refractivity contribution in [3.63, 3.8) is 0 Å². The number of Topliss-reactive ketones (excluding diaryl/α,β-unsaturated/α-hetero) is 1. The fraction of sp³-hybridized carbons (Fsp3) is 0.333. The summed E-state index contributed by atoms with van der Waals surface area (Å²) in [6.07, 6.45) is 0. The molecule has 0 saturated heterocycles. The highest BCUT2D eigenvalue weighted by Gasteiger charge is 2.16. The molecule has 2 aromatic carbocycles. The fourth-order valence-electron chi connectivity index (χ4n) is 2.39. The highest BCUT2D eigenvalue weighted by Crippen LogP contribution is 2.14. The first-order valence-corrected chi connectivity index (χ1v) is 9.52. The Bertz CT molecular complexity index is 945. The first-order chi connectivity index (χ1) is 14.1. The maximum atomic E-state index is 11.6. The smallest absolute Gasteiger partial charge is 0.320 e. The number of nitrogens with one attached hydrogen (secondary N) is 1. The van der Waals surface area contributed by atoms with Crippen LogP contribution >= 0.6 is 0 Å². The maximum Gasteiger partial charge on any atom is 0.320 e. The van der Waals surface area contributed by atoms with Gasteiger partial charge >= 0.3 is 5.97 Å². The minimum absolute atomic E-state index is 0.0131. The van der Waals surface area contributed by atoms with Crippen LogP contribution in [0.15, 0.2) is 48.5 Å². The summed E-state index contributed by atoms with van der Waals surface area (Å²) in [5, 5.41) is 20.4. The molecule has 0 aromatic heterocycles. The lowest BCUT2D eigenvalue weighted by Crippen LogP contribution is -2.32. The van der Waals surface area contributed by atoms with Gasteiger partial charge in [-0.25, -0.2) is 0 Å². The Labute approximate surface area is 178 Å². The van der Waals surface area contributed by atoms with Gasteiger partial charge in [0.25, 0.3) is 0 Å². The van der Waals surface area contributed by atoms with Crippen molar-refractivity contribution in [1.82, 2.24) is 5.32 Å². The number of esters is 1. The Balaban J connectivity index is 0.000000346. The van der Waals surface area contributed by atoms with Crippen molar-refractivity contribution in [2.45, 2.75) is 46.3 Å². The van der Waals surface area contributed by atoms with Gasteiger partial charge in [-0.3, -0.25) is 9.59 Å². The average molecular weight is 405 g/mol. The SMILES string of the molecule is CC(=O)c1ccc(C#N)cc1.CC(NCC(=O)OC(C)(C)C)c1cccc(C#N)c1. The quantitative estimate of drug-likeness (QED) is 0.587. The first kappa shape index (κ1) is 24.6. The van der Waals surface area contributed by atoms with Crippen molar-refractivity contribution < 1.29 is 14.3 Å². The third kappa shape index (κ3) is 9.14. The molecule has 1 N–H and O–H groups in total. The van der Waals surface area contributed by atoms with Gasteiger partial charge in [-0.2, -0.15) is 10.5 Å². The van der Waals surface area contributed by atoms with Gasteiger partial charge in [-0.05, 0) is 64.4 Å². The van der Waals surface area contributed by atoms with Gasteiger partial charge < -0.3 is 10.1 Å². The Kier molecular flexibility index (Phi) is 9.42. The molecule has 1 atom stereocenters. The molecule has 0 fully saturated rings. The van der Waals surface area contributed by atoms with Gasteiger partial charge in [0.2, 0.25) is 0 Å². The molecule has 0 aliphatic carbocycles. The van der Waals surface area contributed by atoms with Crippen molar-refractivity contribution in [2.24, 2.45) is 0 Å². The van der Waals surface area contributed by atoms with Crippen LogP contribution in [0.3, 0.4) is 0 Å². The summed E-state index contributed by atoms with van der Waals surface area (Å²) < 4.78 is 5.22. The minimum atomic E-state index is -0.470. The van der Waals surface area contributed by atoms with E-state index in [0.29, 0.717) is 16.7 Å². The summed E-state index contributed by atoms with van der Waals surface area (Å²) in [4.78, 5) is 22.3. The Morgan fingerprint density at radius 2 is 1.63 bits per heavy atom. The Morgan fingerprint density at radius 1 is 1.03 bits per heavy atom. The van der Waals surface area contributed by atoms with Gasteiger partial charge in [-0.1, -0.05) is 24.3 Å². The minimum Gasteiger partial charge on any atom is -0.459 e. The number of rotatable bonds is 5. The van der Waals surface area contributed by atoms with Crippen LogP contribution in [0.5, 0.6) is 0 Å². The molecular weight excluding hydrogens is 378 g/mol. The van der Waals surface area contributed by atoms with Crippen LogP contribution in [-0.2, 0) is 9.53 Å². The van der Waals surface area contributed by atoms with Gasteiger partial charge in [-0.15, -0.1) is 0 Å². The van der Waals surface area contributed by atoms with E-state index in [1.54, 1.807) is 30.3 Å². The standard InChI is InChI=1S/C15H20N2O2.C9H7NO/c1-11(13-7-5-6-12(8-13)9-16)17-10-14(18)19-15(2,3)4;1-7(11)9-4-2-8(6-10)3-5-9/h5-8,11,17H,10H2,1-4H3;2-5H,1H3. The number of ketones is 1. The van der Waals surface area contributed by atoms with Gasteiger partial charge in [0.05, 0.1) is 29.8 Å². The summed E-state index contributed by atoms with van der Waals surface area (Å²) >= 11 is 0. The van der Waals surface area contributed by atoms with Gasteiger partial charge in [0, 0.05) is 11.6 Å². The van der Waals surface area contributed by atoms with E-state index < -0.39 is 5.60 Å². The van der Waals surface area contributed by atoms with Crippen LogP contribution < -0.4 is 5.32 Å². The molecule has 2 aromatic rings. The molecule has 0 spiro atoms. The van der Waals surface area contributed by atoms with E-state index in [2.05, 4.69) is 11.4 Å². The van der Waals surface area contributed by atoms with E-state index in [1.165, 1.54) is 6.92 Å². The van der Waals surface area contributed by atoms with Crippen LogP contribution in [0.2, 0.25) is 0 Å². The largest absolute Gasteiger partial charge is 0.459 e. The molecule has 1 unspecified atom stereocenters. The second-order valence-electron chi connectivity index (χ2n) is 7.67. The third-order valence-corrected chi connectivity index (χ3v) is 3.91.